The number of hydrogen-bond donors (Lipinski definition) is 0. The van der Waals surface area contributed by atoms with Crippen molar-refractivity contribution in [1.29, 1.82) is 0 Å². The van der Waals surface area contributed by atoms with E-state index in [9.17, 15) is 9.59 Å². The topological polar surface area (TPSA) is 68.2 Å². The molecule has 1 aromatic carbocycles. The smallest absolute Gasteiger partial charge is 0.325 e. The van der Waals surface area contributed by atoms with Crippen LogP contribution in [0.2, 0.25) is 0 Å². The summed E-state index contributed by atoms with van der Waals surface area (Å²) in [7, 11) is 2.93. The third-order valence-electron chi connectivity index (χ3n) is 4.16. The fourth-order valence-electron chi connectivity index (χ4n) is 2.76. The molecule has 0 bridgehead atoms. The maximum Gasteiger partial charge on any atom is 0.325 e. The van der Waals surface area contributed by atoms with E-state index in [1.807, 2.05) is 30.3 Å². The van der Waals surface area contributed by atoms with E-state index >= 15 is 0 Å². The lowest BCUT2D eigenvalue weighted by Gasteiger charge is -2.18. The van der Waals surface area contributed by atoms with Crippen molar-refractivity contribution in [2.75, 3.05) is 32.2 Å². The highest BCUT2D eigenvalue weighted by Gasteiger charge is 2.29. The summed E-state index contributed by atoms with van der Waals surface area (Å²) in [5, 5.41) is 0.740. The maximum absolute atomic E-state index is 12.6. The zero-order chi connectivity index (χ0) is 18.7. The van der Waals surface area contributed by atoms with Crippen LogP contribution in [0.3, 0.4) is 0 Å². The molecule has 3 rings (SSSR count). The van der Waals surface area contributed by atoms with Crippen molar-refractivity contribution in [1.82, 2.24) is 0 Å². The summed E-state index contributed by atoms with van der Waals surface area (Å²) in [6.45, 7) is 1.93. The Bertz CT molecular complexity index is 855. The van der Waals surface area contributed by atoms with Gasteiger partial charge in [-0.1, -0.05) is 6.92 Å². The Morgan fingerprint density at radius 2 is 2.00 bits per heavy atom. The molecule has 2 aromatic rings. The number of esters is 1. The Hall–Kier alpha value is -2.67. The number of amides is 1. The van der Waals surface area contributed by atoms with Crippen LogP contribution < -0.4 is 9.64 Å². The van der Waals surface area contributed by atoms with Gasteiger partial charge in [0.2, 0.25) is 5.91 Å². The fourth-order valence-corrected chi connectivity index (χ4v) is 3.87. The lowest BCUT2D eigenvalue weighted by Crippen LogP contribution is -2.36. The van der Waals surface area contributed by atoms with Crippen LogP contribution in [0.25, 0.3) is 0 Å². The number of rotatable bonds is 5. The predicted molar refractivity (Wildman–Crippen MR) is 102 cm³/mol. The molecular formula is C19H20N2O4S. The summed E-state index contributed by atoms with van der Waals surface area (Å²) in [5.74, 6) is 0.0828. The van der Waals surface area contributed by atoms with Gasteiger partial charge in [0.15, 0.2) is 0 Å². The van der Waals surface area contributed by atoms with Crippen molar-refractivity contribution in [2.24, 2.45) is 4.99 Å². The lowest BCUT2D eigenvalue weighted by molar-refractivity contribution is -0.139. The maximum atomic E-state index is 12.6. The average Bonchev–Trinajstić information content (AvgIpc) is 3.05. The van der Waals surface area contributed by atoms with Gasteiger partial charge in [0.1, 0.15) is 23.8 Å². The number of benzene rings is 1. The van der Waals surface area contributed by atoms with Crippen LogP contribution in [0.15, 0.2) is 35.3 Å². The van der Waals surface area contributed by atoms with Gasteiger partial charge in [-0.25, -0.2) is 0 Å². The van der Waals surface area contributed by atoms with Gasteiger partial charge in [0.25, 0.3) is 0 Å². The number of carbonyl (C=O) groups is 2. The molecule has 0 saturated carbocycles. The van der Waals surface area contributed by atoms with Crippen LogP contribution in [-0.2, 0) is 20.7 Å². The van der Waals surface area contributed by atoms with Gasteiger partial charge in [-0.2, -0.15) is 0 Å². The Balaban J connectivity index is 2.08. The number of anilines is 1. The first-order valence-corrected chi connectivity index (χ1v) is 9.08. The molecular weight excluding hydrogens is 352 g/mol. The minimum Gasteiger partial charge on any atom is -0.497 e. The second-order valence-corrected chi connectivity index (χ2v) is 6.85. The minimum atomic E-state index is -0.455. The van der Waals surface area contributed by atoms with Gasteiger partial charge in [-0.05, 0) is 36.8 Å². The van der Waals surface area contributed by atoms with Gasteiger partial charge >= 0.3 is 5.97 Å². The number of aliphatic imine (C=N–C) groups is 1. The van der Waals surface area contributed by atoms with Gasteiger partial charge in [-0.3, -0.25) is 19.5 Å². The summed E-state index contributed by atoms with van der Waals surface area (Å²) >= 11 is 1.51. The normalized spacial score (nSPS) is 13.7. The van der Waals surface area contributed by atoms with E-state index in [1.165, 1.54) is 23.3 Å². The SMILES string of the molecule is CCc1cc2c(s1)N(CC(=O)OC)C(=O)CN=C2c1ccc(OC)cc1. The van der Waals surface area contributed by atoms with Crippen molar-refractivity contribution in [3.05, 3.63) is 46.3 Å². The van der Waals surface area contributed by atoms with Crippen LogP contribution in [-0.4, -0.2) is 44.9 Å². The second kappa shape index (κ2) is 7.70. The van der Waals surface area contributed by atoms with Crippen LogP contribution >= 0.6 is 11.3 Å². The average molecular weight is 372 g/mol. The minimum absolute atomic E-state index is 0.0127. The van der Waals surface area contributed by atoms with E-state index in [0.29, 0.717) is 0 Å². The largest absolute Gasteiger partial charge is 0.497 e. The van der Waals surface area contributed by atoms with E-state index in [0.717, 1.165) is 38.9 Å². The molecule has 0 spiro atoms. The quantitative estimate of drug-likeness (QED) is 0.757. The fraction of sp³-hybridized carbons (Fsp3) is 0.316. The number of ether oxygens (including phenoxy) is 2. The van der Waals surface area contributed by atoms with Crippen molar-refractivity contribution in [2.45, 2.75) is 13.3 Å². The number of fused-ring (bicyclic) bond motifs is 1. The van der Waals surface area contributed by atoms with E-state index in [1.54, 1.807) is 7.11 Å². The summed E-state index contributed by atoms with van der Waals surface area (Å²) in [4.78, 5) is 31.5. The van der Waals surface area contributed by atoms with Crippen molar-refractivity contribution < 1.29 is 19.1 Å². The third-order valence-corrected chi connectivity index (χ3v) is 5.47. The number of methoxy groups -OCH3 is 2. The first-order chi connectivity index (χ1) is 12.6. The molecule has 0 fully saturated rings. The molecule has 26 heavy (non-hydrogen) atoms. The second-order valence-electron chi connectivity index (χ2n) is 5.73. The zero-order valence-corrected chi connectivity index (χ0v) is 15.8. The standard InChI is InChI=1S/C19H20N2O4S/c1-4-14-9-15-18(12-5-7-13(24-2)8-6-12)20-10-16(22)21(19(15)26-14)11-17(23)25-3/h5-9H,4,10-11H2,1-3H3. The van der Waals surface area contributed by atoms with Crippen molar-refractivity contribution >= 4 is 33.9 Å². The highest BCUT2D eigenvalue weighted by molar-refractivity contribution is 7.16. The molecule has 1 amide bonds. The zero-order valence-electron chi connectivity index (χ0n) is 14.9. The monoisotopic (exact) mass is 372 g/mol. The van der Waals surface area contributed by atoms with Crippen molar-refractivity contribution in [3.8, 4) is 5.75 Å². The molecule has 0 atom stereocenters. The molecule has 6 nitrogen and oxygen atoms in total. The van der Waals surface area contributed by atoms with Gasteiger partial charge < -0.3 is 9.47 Å². The van der Waals surface area contributed by atoms with E-state index in [4.69, 9.17) is 9.47 Å². The summed E-state index contributed by atoms with van der Waals surface area (Å²) < 4.78 is 9.96. The van der Waals surface area contributed by atoms with E-state index in [2.05, 4.69) is 11.9 Å². The molecule has 136 valence electrons. The van der Waals surface area contributed by atoms with Crippen molar-refractivity contribution in [3.63, 3.8) is 0 Å². The van der Waals surface area contributed by atoms with Gasteiger partial charge in [-0.15, -0.1) is 11.3 Å². The highest BCUT2D eigenvalue weighted by atomic mass is 32.1. The van der Waals surface area contributed by atoms with Gasteiger partial charge in [0.05, 0.1) is 19.9 Å². The lowest BCUT2D eigenvalue weighted by atomic mass is 10.0. The molecule has 0 saturated heterocycles. The number of nitrogens with zero attached hydrogens (tertiary/aromatic N) is 2. The van der Waals surface area contributed by atoms with E-state index in [-0.39, 0.29) is 19.0 Å². The summed E-state index contributed by atoms with van der Waals surface area (Å²) in [6, 6.07) is 9.62. The Kier molecular flexibility index (Phi) is 5.37. The third kappa shape index (κ3) is 3.48. The molecule has 0 aliphatic carbocycles. The molecule has 0 unspecified atom stereocenters. The predicted octanol–water partition coefficient (Wildman–Crippen LogP) is 2.68. The molecule has 0 N–H and O–H groups in total. The Morgan fingerprint density at radius 3 is 2.62 bits per heavy atom. The van der Waals surface area contributed by atoms with Crippen LogP contribution in [0.5, 0.6) is 5.75 Å². The molecule has 7 heteroatoms. The molecule has 0 radical (unpaired) electrons. The van der Waals surface area contributed by atoms with Crippen LogP contribution in [0.4, 0.5) is 5.00 Å². The Morgan fingerprint density at radius 1 is 1.27 bits per heavy atom. The highest BCUT2D eigenvalue weighted by Crippen LogP contribution is 2.36. The summed E-state index contributed by atoms with van der Waals surface area (Å²) in [6.07, 6.45) is 0.841. The van der Waals surface area contributed by atoms with Gasteiger partial charge in [0, 0.05) is 16.0 Å². The molecule has 2 heterocycles. The number of carbonyl (C=O) groups excluding carboxylic acids is 2. The number of hydrogen-bond acceptors (Lipinski definition) is 6. The van der Waals surface area contributed by atoms with Crippen LogP contribution in [0, 0.1) is 0 Å². The van der Waals surface area contributed by atoms with E-state index < -0.39 is 5.97 Å². The van der Waals surface area contributed by atoms with Crippen LogP contribution in [0.1, 0.15) is 22.9 Å². The number of thiophene rings is 1. The molecule has 1 aliphatic rings. The first-order valence-electron chi connectivity index (χ1n) is 8.26. The molecule has 1 aromatic heterocycles. The number of aryl methyl sites for hydroxylation is 1. The first kappa shape index (κ1) is 18.1. The molecule has 1 aliphatic heterocycles. The summed E-state index contributed by atoms with van der Waals surface area (Å²) in [5.41, 5.74) is 2.52. The Labute approximate surface area is 156 Å².